The van der Waals surface area contributed by atoms with Gasteiger partial charge in [0.2, 0.25) is 0 Å². The first kappa shape index (κ1) is 37.9. The van der Waals surface area contributed by atoms with Gasteiger partial charge in [0.1, 0.15) is 0 Å². The zero-order valence-corrected chi connectivity index (χ0v) is 34.1. The molecule has 6 rings (SSSR count). The van der Waals surface area contributed by atoms with Crippen LogP contribution >= 0.6 is 22.7 Å². The fourth-order valence-electron chi connectivity index (χ4n) is 7.60. The Balaban J connectivity index is 1.51. The van der Waals surface area contributed by atoms with E-state index in [4.69, 9.17) is 0 Å². The Hall–Kier alpha value is -3.88. The van der Waals surface area contributed by atoms with Gasteiger partial charge < -0.3 is 19.6 Å². The largest absolute Gasteiger partial charge is 0.370 e. The van der Waals surface area contributed by atoms with Gasteiger partial charge in [-0.25, -0.2) is 0 Å². The van der Waals surface area contributed by atoms with Gasteiger partial charge in [0, 0.05) is 62.2 Å². The number of unbranched alkanes of at least 4 members (excludes halogenated alkanes) is 2. The standard InChI is InChI=1S/C44H56N4O2S2/c1-9-13-15-29(11-3)27-47-35-25-31(37-21-23-39(51-37)45(5)6)17-19-33(35)41(43(47)49)42-34-20-18-32(38-22-24-40(52-38)46(7)8)26-36(34)48(44(42)50)28-30(12-4)16-14-10-2/h17-26,29-30H,9-16,27-28H2,1-8H3/b42-41+. The molecule has 2 aliphatic heterocycles. The number of fused-ring (bicyclic) bond motifs is 2. The number of hydrogen-bond donors (Lipinski definition) is 0. The predicted octanol–water partition coefficient (Wildman–Crippen LogP) is 11.3. The highest BCUT2D eigenvalue weighted by atomic mass is 32.1. The number of benzene rings is 2. The van der Waals surface area contributed by atoms with Crippen molar-refractivity contribution < 1.29 is 9.59 Å². The number of anilines is 4. The van der Waals surface area contributed by atoms with Gasteiger partial charge in [0.05, 0.1) is 32.5 Å². The van der Waals surface area contributed by atoms with Crippen LogP contribution in [0.15, 0.2) is 60.7 Å². The van der Waals surface area contributed by atoms with Crippen molar-refractivity contribution in [3.8, 4) is 20.9 Å². The van der Waals surface area contributed by atoms with Gasteiger partial charge in [-0.1, -0.05) is 90.5 Å². The maximum absolute atomic E-state index is 14.9. The summed E-state index contributed by atoms with van der Waals surface area (Å²) in [5.41, 5.74) is 6.90. The topological polar surface area (TPSA) is 47.1 Å². The van der Waals surface area contributed by atoms with E-state index in [-0.39, 0.29) is 11.8 Å². The molecule has 0 spiro atoms. The molecule has 2 unspecified atom stereocenters. The number of amides is 2. The summed E-state index contributed by atoms with van der Waals surface area (Å²) >= 11 is 3.50. The molecule has 2 aromatic heterocycles. The monoisotopic (exact) mass is 736 g/mol. The molecule has 52 heavy (non-hydrogen) atoms. The second kappa shape index (κ2) is 16.4. The smallest absolute Gasteiger partial charge is 0.259 e. The average molecular weight is 737 g/mol. The molecular weight excluding hydrogens is 681 g/mol. The molecule has 4 aromatic rings. The van der Waals surface area contributed by atoms with Gasteiger partial charge in [-0.15, -0.1) is 22.7 Å². The third-order valence-electron chi connectivity index (χ3n) is 10.9. The van der Waals surface area contributed by atoms with Crippen molar-refractivity contribution in [1.82, 2.24) is 0 Å². The van der Waals surface area contributed by atoms with Gasteiger partial charge >= 0.3 is 0 Å². The first-order valence-corrected chi connectivity index (χ1v) is 20.9. The lowest BCUT2D eigenvalue weighted by molar-refractivity contribution is -0.114. The first-order chi connectivity index (χ1) is 25.1. The van der Waals surface area contributed by atoms with E-state index < -0.39 is 0 Å². The minimum Gasteiger partial charge on any atom is -0.370 e. The van der Waals surface area contributed by atoms with Crippen LogP contribution in [-0.2, 0) is 9.59 Å². The summed E-state index contributed by atoms with van der Waals surface area (Å²) in [7, 11) is 8.26. The highest BCUT2D eigenvalue weighted by molar-refractivity contribution is 7.19. The van der Waals surface area contributed by atoms with Crippen molar-refractivity contribution in [2.75, 3.05) is 60.9 Å². The number of carbonyl (C=O) groups excluding carboxylic acids is 2. The Morgan fingerprint density at radius 2 is 0.981 bits per heavy atom. The molecule has 0 N–H and O–H groups in total. The highest BCUT2D eigenvalue weighted by Gasteiger charge is 2.43. The number of hydrogen-bond acceptors (Lipinski definition) is 6. The van der Waals surface area contributed by atoms with Crippen molar-refractivity contribution in [3.05, 3.63) is 71.8 Å². The Labute approximate surface area is 319 Å². The lowest BCUT2D eigenvalue weighted by Gasteiger charge is -2.24. The van der Waals surface area contributed by atoms with E-state index in [9.17, 15) is 9.59 Å². The Morgan fingerprint density at radius 1 is 0.577 bits per heavy atom. The fourth-order valence-corrected chi connectivity index (χ4v) is 9.45. The third-order valence-corrected chi connectivity index (χ3v) is 13.5. The van der Waals surface area contributed by atoms with Crippen LogP contribution in [0.1, 0.15) is 90.2 Å². The second-order valence-corrected chi connectivity index (χ2v) is 17.1. The van der Waals surface area contributed by atoms with Crippen LogP contribution < -0.4 is 19.6 Å². The van der Waals surface area contributed by atoms with E-state index in [1.807, 2.05) is 9.80 Å². The molecule has 4 heterocycles. The molecule has 8 heteroatoms. The average Bonchev–Trinajstić information content (AvgIpc) is 3.94. The van der Waals surface area contributed by atoms with Gasteiger partial charge in [-0.05, 0) is 72.2 Å². The van der Waals surface area contributed by atoms with E-state index in [1.165, 1.54) is 19.8 Å². The minimum absolute atomic E-state index is 0.0469. The van der Waals surface area contributed by atoms with Gasteiger partial charge in [-0.3, -0.25) is 9.59 Å². The zero-order valence-electron chi connectivity index (χ0n) is 32.4. The normalized spacial score (nSPS) is 16.5. The molecule has 0 saturated heterocycles. The molecule has 0 radical (unpaired) electrons. The van der Waals surface area contributed by atoms with Gasteiger partial charge in [0.25, 0.3) is 11.8 Å². The summed E-state index contributed by atoms with van der Waals surface area (Å²) in [4.78, 5) is 40.5. The zero-order chi connectivity index (χ0) is 37.1. The van der Waals surface area contributed by atoms with E-state index in [1.54, 1.807) is 22.7 Å². The van der Waals surface area contributed by atoms with Crippen LogP contribution in [0.4, 0.5) is 21.4 Å². The van der Waals surface area contributed by atoms with Crippen LogP contribution in [0, 0.1) is 11.8 Å². The molecule has 6 nitrogen and oxygen atoms in total. The molecule has 2 atom stereocenters. The molecule has 2 aliphatic rings. The number of nitrogens with zero attached hydrogens (tertiary/aromatic N) is 4. The van der Waals surface area contributed by atoms with Crippen LogP contribution in [0.5, 0.6) is 0 Å². The number of rotatable bonds is 16. The van der Waals surface area contributed by atoms with E-state index in [2.05, 4.69) is 126 Å². The number of thiophene rings is 2. The second-order valence-electron chi connectivity index (χ2n) is 14.9. The van der Waals surface area contributed by atoms with Crippen LogP contribution in [0.3, 0.4) is 0 Å². The lowest BCUT2D eigenvalue weighted by atomic mass is 9.95. The quantitative estimate of drug-likeness (QED) is 0.107. The van der Waals surface area contributed by atoms with Crippen molar-refractivity contribution in [2.45, 2.75) is 79.1 Å². The summed E-state index contributed by atoms with van der Waals surface area (Å²) in [6.45, 7) is 10.2. The fraction of sp³-hybridized carbons (Fsp3) is 0.455. The number of carbonyl (C=O) groups is 2. The van der Waals surface area contributed by atoms with E-state index in [0.29, 0.717) is 36.1 Å². The summed E-state index contributed by atoms with van der Waals surface area (Å²) in [5.74, 6) is 0.683. The van der Waals surface area contributed by atoms with Gasteiger partial charge in [-0.2, -0.15) is 0 Å². The van der Waals surface area contributed by atoms with Crippen LogP contribution in [0.2, 0.25) is 0 Å². The highest BCUT2D eigenvalue weighted by Crippen LogP contribution is 2.50. The summed E-state index contributed by atoms with van der Waals surface area (Å²) < 4.78 is 0. The third kappa shape index (κ3) is 7.47. The maximum Gasteiger partial charge on any atom is 0.259 e. The summed E-state index contributed by atoms with van der Waals surface area (Å²) in [6.07, 6.45) is 8.74. The molecule has 0 aliphatic carbocycles. The molecule has 0 fully saturated rings. The van der Waals surface area contributed by atoms with Crippen molar-refractivity contribution >= 4 is 67.0 Å². The molecule has 0 bridgehead atoms. The summed E-state index contributed by atoms with van der Waals surface area (Å²) in [5, 5.41) is 2.38. The van der Waals surface area contributed by atoms with Crippen molar-refractivity contribution in [1.29, 1.82) is 0 Å². The maximum atomic E-state index is 14.9. The lowest BCUT2D eigenvalue weighted by Crippen LogP contribution is -2.34. The van der Waals surface area contributed by atoms with Crippen LogP contribution in [0.25, 0.3) is 32.0 Å². The molecular formula is C44H56N4O2S2. The SMILES string of the molecule is CCCCC(CC)CN1C(=O)/C(=C2/C(=O)N(CC(CC)CCCC)c3cc(-c4ccc(N(C)C)s4)ccc32)c2ccc(-c3ccc(N(C)C)s3)cc21. The molecule has 2 aromatic carbocycles. The van der Waals surface area contributed by atoms with E-state index in [0.717, 1.165) is 85.0 Å². The molecule has 276 valence electrons. The summed E-state index contributed by atoms with van der Waals surface area (Å²) in [6, 6.07) is 21.5. The van der Waals surface area contributed by atoms with E-state index >= 15 is 0 Å². The van der Waals surface area contributed by atoms with Crippen LogP contribution in [-0.4, -0.2) is 53.1 Å². The van der Waals surface area contributed by atoms with Crippen molar-refractivity contribution in [3.63, 3.8) is 0 Å². The predicted molar refractivity (Wildman–Crippen MR) is 226 cm³/mol. The van der Waals surface area contributed by atoms with Crippen molar-refractivity contribution in [2.24, 2.45) is 11.8 Å². The molecule has 0 saturated carbocycles. The Bertz CT molecular complexity index is 1800. The Morgan fingerprint density at radius 3 is 1.31 bits per heavy atom. The minimum atomic E-state index is -0.0469. The molecule has 2 amide bonds. The van der Waals surface area contributed by atoms with Gasteiger partial charge in [0.15, 0.2) is 0 Å². The Kier molecular flexibility index (Phi) is 12.0. The first-order valence-electron chi connectivity index (χ1n) is 19.3.